The van der Waals surface area contributed by atoms with Crippen LogP contribution in [0.5, 0.6) is 5.75 Å². The second kappa shape index (κ2) is 5.16. The van der Waals surface area contributed by atoms with Gasteiger partial charge in [0.25, 0.3) is 0 Å². The Morgan fingerprint density at radius 2 is 1.74 bits per heavy atom. The van der Waals surface area contributed by atoms with Crippen molar-refractivity contribution < 1.29 is 4.74 Å². The summed E-state index contributed by atoms with van der Waals surface area (Å²) < 4.78 is 5.69. The predicted octanol–water partition coefficient (Wildman–Crippen LogP) is 5.05. The Kier molecular flexibility index (Phi) is 3.36. The van der Waals surface area contributed by atoms with Gasteiger partial charge in [-0.15, -0.1) is 0 Å². The minimum atomic E-state index is 0.425. The SMILES string of the molecule is Clc1ccccc1OCc1cc2c(Cl)cccc2[nH]1. The molecule has 0 aliphatic carbocycles. The van der Waals surface area contributed by atoms with Crippen LogP contribution in [-0.2, 0) is 6.61 Å². The average Bonchev–Trinajstić information content (AvgIpc) is 2.82. The maximum atomic E-state index is 6.13. The monoisotopic (exact) mass is 291 g/mol. The molecule has 0 radical (unpaired) electrons. The van der Waals surface area contributed by atoms with E-state index >= 15 is 0 Å². The van der Waals surface area contributed by atoms with Gasteiger partial charge in [0.1, 0.15) is 12.4 Å². The molecule has 0 atom stereocenters. The van der Waals surface area contributed by atoms with Crippen molar-refractivity contribution in [1.82, 2.24) is 4.98 Å². The number of fused-ring (bicyclic) bond motifs is 1. The van der Waals surface area contributed by atoms with Crippen LogP contribution in [0.4, 0.5) is 0 Å². The lowest BCUT2D eigenvalue weighted by Crippen LogP contribution is -1.95. The molecule has 96 valence electrons. The van der Waals surface area contributed by atoms with Crippen molar-refractivity contribution in [2.45, 2.75) is 6.61 Å². The number of aromatic nitrogens is 1. The molecule has 0 aliphatic rings. The second-order valence-corrected chi connectivity index (χ2v) is 5.03. The highest BCUT2D eigenvalue weighted by molar-refractivity contribution is 6.35. The Hall–Kier alpha value is -1.64. The summed E-state index contributed by atoms with van der Waals surface area (Å²) in [6.45, 7) is 0.425. The molecule has 0 amide bonds. The Morgan fingerprint density at radius 3 is 2.53 bits per heavy atom. The number of hydrogen-bond donors (Lipinski definition) is 1. The number of H-pyrrole nitrogens is 1. The number of para-hydroxylation sites is 1. The van der Waals surface area contributed by atoms with E-state index in [2.05, 4.69) is 4.98 Å². The van der Waals surface area contributed by atoms with Gasteiger partial charge in [-0.2, -0.15) is 0 Å². The summed E-state index contributed by atoms with van der Waals surface area (Å²) in [7, 11) is 0. The molecular formula is C15H11Cl2NO. The first-order chi connectivity index (χ1) is 9.24. The maximum Gasteiger partial charge on any atom is 0.138 e. The molecule has 0 aliphatic heterocycles. The molecule has 2 aromatic carbocycles. The summed E-state index contributed by atoms with van der Waals surface area (Å²) in [5.41, 5.74) is 1.97. The third-order valence-corrected chi connectivity index (χ3v) is 3.53. The van der Waals surface area contributed by atoms with E-state index in [1.54, 1.807) is 6.07 Å². The third-order valence-electron chi connectivity index (χ3n) is 2.89. The highest BCUT2D eigenvalue weighted by atomic mass is 35.5. The van der Waals surface area contributed by atoms with Gasteiger partial charge >= 0.3 is 0 Å². The first kappa shape index (κ1) is 12.4. The Labute approximate surface area is 120 Å². The first-order valence-corrected chi connectivity index (χ1v) is 6.63. The smallest absolute Gasteiger partial charge is 0.138 e. The summed E-state index contributed by atoms with van der Waals surface area (Å²) in [6.07, 6.45) is 0. The lowest BCUT2D eigenvalue weighted by molar-refractivity contribution is 0.302. The van der Waals surface area contributed by atoms with Crippen molar-refractivity contribution in [1.29, 1.82) is 0 Å². The molecule has 19 heavy (non-hydrogen) atoms. The minimum absolute atomic E-state index is 0.425. The first-order valence-electron chi connectivity index (χ1n) is 5.87. The fourth-order valence-electron chi connectivity index (χ4n) is 1.97. The van der Waals surface area contributed by atoms with Crippen molar-refractivity contribution in [2.24, 2.45) is 0 Å². The van der Waals surface area contributed by atoms with Crippen LogP contribution in [0.15, 0.2) is 48.5 Å². The molecular weight excluding hydrogens is 281 g/mol. The predicted molar refractivity (Wildman–Crippen MR) is 79.1 cm³/mol. The lowest BCUT2D eigenvalue weighted by Gasteiger charge is -2.05. The molecule has 0 saturated carbocycles. The van der Waals surface area contributed by atoms with Crippen LogP contribution < -0.4 is 4.74 Å². The molecule has 1 N–H and O–H groups in total. The Morgan fingerprint density at radius 1 is 0.947 bits per heavy atom. The molecule has 0 fully saturated rings. The van der Waals surface area contributed by atoms with E-state index in [1.807, 2.05) is 42.5 Å². The molecule has 1 heterocycles. The number of rotatable bonds is 3. The Bertz CT molecular complexity index is 721. The number of nitrogens with one attached hydrogen (secondary N) is 1. The van der Waals surface area contributed by atoms with Crippen LogP contribution in [0.3, 0.4) is 0 Å². The van der Waals surface area contributed by atoms with Crippen LogP contribution >= 0.6 is 23.2 Å². The second-order valence-electron chi connectivity index (χ2n) is 4.21. The van der Waals surface area contributed by atoms with Crippen molar-refractivity contribution in [3.05, 3.63) is 64.3 Å². The van der Waals surface area contributed by atoms with Gasteiger partial charge in [0.15, 0.2) is 0 Å². The molecule has 0 spiro atoms. The minimum Gasteiger partial charge on any atom is -0.486 e. The zero-order valence-corrected chi connectivity index (χ0v) is 11.5. The summed E-state index contributed by atoms with van der Waals surface area (Å²) in [6, 6.07) is 15.2. The highest BCUT2D eigenvalue weighted by Gasteiger charge is 2.05. The average molecular weight is 292 g/mol. The van der Waals surface area contributed by atoms with E-state index in [-0.39, 0.29) is 0 Å². The van der Waals surface area contributed by atoms with Crippen molar-refractivity contribution in [3.63, 3.8) is 0 Å². The quantitative estimate of drug-likeness (QED) is 0.717. The van der Waals surface area contributed by atoms with Gasteiger partial charge in [-0.3, -0.25) is 0 Å². The molecule has 0 unspecified atom stereocenters. The molecule has 0 saturated heterocycles. The summed E-state index contributed by atoms with van der Waals surface area (Å²) >= 11 is 12.2. The molecule has 2 nitrogen and oxygen atoms in total. The van der Waals surface area contributed by atoms with E-state index in [0.29, 0.717) is 17.4 Å². The zero-order chi connectivity index (χ0) is 13.2. The van der Waals surface area contributed by atoms with Gasteiger partial charge in [-0.25, -0.2) is 0 Å². The third kappa shape index (κ3) is 2.55. The molecule has 1 aromatic heterocycles. The fraction of sp³-hybridized carbons (Fsp3) is 0.0667. The number of ether oxygens (including phenoxy) is 1. The van der Waals surface area contributed by atoms with Crippen molar-refractivity contribution in [2.75, 3.05) is 0 Å². The number of benzene rings is 2. The molecule has 3 aromatic rings. The van der Waals surface area contributed by atoms with E-state index < -0.39 is 0 Å². The molecule has 4 heteroatoms. The zero-order valence-electron chi connectivity index (χ0n) is 9.99. The maximum absolute atomic E-state index is 6.13. The number of aromatic amines is 1. The largest absolute Gasteiger partial charge is 0.486 e. The van der Waals surface area contributed by atoms with Gasteiger partial charge in [-0.05, 0) is 30.3 Å². The van der Waals surface area contributed by atoms with Crippen molar-refractivity contribution in [3.8, 4) is 5.75 Å². The van der Waals surface area contributed by atoms with Crippen LogP contribution in [0.2, 0.25) is 10.0 Å². The van der Waals surface area contributed by atoms with Gasteiger partial charge in [0.2, 0.25) is 0 Å². The number of hydrogen-bond acceptors (Lipinski definition) is 1. The summed E-state index contributed by atoms with van der Waals surface area (Å²) in [5.74, 6) is 0.675. The summed E-state index contributed by atoms with van der Waals surface area (Å²) in [5, 5.41) is 2.34. The lowest BCUT2D eigenvalue weighted by atomic mass is 10.2. The van der Waals surface area contributed by atoms with E-state index in [1.165, 1.54) is 0 Å². The van der Waals surface area contributed by atoms with Crippen LogP contribution in [-0.4, -0.2) is 4.98 Å². The van der Waals surface area contributed by atoms with Gasteiger partial charge in [-0.1, -0.05) is 41.4 Å². The Balaban J connectivity index is 1.83. The van der Waals surface area contributed by atoms with Crippen LogP contribution in [0.25, 0.3) is 10.9 Å². The number of halogens is 2. The van der Waals surface area contributed by atoms with Gasteiger partial charge in [0.05, 0.1) is 10.7 Å². The van der Waals surface area contributed by atoms with E-state index in [0.717, 1.165) is 21.6 Å². The van der Waals surface area contributed by atoms with Gasteiger partial charge < -0.3 is 9.72 Å². The summed E-state index contributed by atoms with van der Waals surface area (Å²) in [4.78, 5) is 3.27. The highest BCUT2D eigenvalue weighted by Crippen LogP contribution is 2.26. The van der Waals surface area contributed by atoms with E-state index in [4.69, 9.17) is 27.9 Å². The molecule has 0 bridgehead atoms. The van der Waals surface area contributed by atoms with E-state index in [9.17, 15) is 0 Å². The fourth-order valence-corrected chi connectivity index (χ4v) is 2.39. The standard InChI is InChI=1S/C15H11Cl2NO/c16-12-5-3-6-14-11(12)8-10(18-14)9-19-15-7-2-1-4-13(15)17/h1-8,18H,9H2. The van der Waals surface area contributed by atoms with Crippen LogP contribution in [0.1, 0.15) is 5.69 Å². The van der Waals surface area contributed by atoms with Gasteiger partial charge in [0, 0.05) is 15.9 Å². The van der Waals surface area contributed by atoms with Crippen LogP contribution in [0, 0.1) is 0 Å². The molecule has 3 rings (SSSR count). The van der Waals surface area contributed by atoms with Crippen molar-refractivity contribution >= 4 is 34.1 Å². The normalized spacial score (nSPS) is 10.8. The topological polar surface area (TPSA) is 25.0 Å².